The lowest BCUT2D eigenvalue weighted by Gasteiger charge is -2.19. The highest BCUT2D eigenvalue weighted by Gasteiger charge is 2.34. The van der Waals surface area contributed by atoms with Crippen LogP contribution in [0, 0.1) is 0 Å². The van der Waals surface area contributed by atoms with Gasteiger partial charge in [-0.05, 0) is 61.8 Å². The monoisotopic (exact) mass is 450 g/mol. The van der Waals surface area contributed by atoms with Gasteiger partial charge < -0.3 is 5.32 Å². The van der Waals surface area contributed by atoms with Gasteiger partial charge in [0.2, 0.25) is 0 Å². The van der Waals surface area contributed by atoms with E-state index in [0.717, 1.165) is 60.2 Å². The van der Waals surface area contributed by atoms with Crippen molar-refractivity contribution < 1.29 is 4.79 Å². The second-order valence-electron chi connectivity index (χ2n) is 9.27. The standard InChI is InChI=1S/C27H26N6O/c1-17(13-18-5-4-12-28-14-18)31-26(34)23-16-30-33(25(23)20-9-10-20)27-29-15-21-11-8-19-6-2-3-7-22(19)24(21)32-27/h2-7,12,14-17,20H,8-11,13H2,1H3,(H,31,34)/t17-/m0/s1. The topological polar surface area (TPSA) is 85.6 Å². The van der Waals surface area contributed by atoms with Crippen LogP contribution in [0.1, 0.15) is 58.4 Å². The van der Waals surface area contributed by atoms with Crippen molar-refractivity contribution in [1.82, 2.24) is 30.0 Å². The number of hydrogen-bond acceptors (Lipinski definition) is 5. The SMILES string of the molecule is C[C@@H](Cc1cccnc1)NC(=O)c1cnn(-c2ncc3c(n2)-c2ccccc2CC3)c1C1CC1. The number of carbonyl (C=O) groups excluding carboxylic acids is 1. The van der Waals surface area contributed by atoms with Gasteiger partial charge in [-0.1, -0.05) is 30.3 Å². The zero-order valence-corrected chi connectivity index (χ0v) is 19.1. The summed E-state index contributed by atoms with van der Waals surface area (Å²) in [6.45, 7) is 2.01. The first-order valence-electron chi connectivity index (χ1n) is 11.9. The number of aryl methyl sites for hydroxylation is 2. The number of nitrogens with one attached hydrogen (secondary N) is 1. The summed E-state index contributed by atoms with van der Waals surface area (Å²) in [5.74, 6) is 0.733. The van der Waals surface area contributed by atoms with E-state index in [1.165, 1.54) is 5.56 Å². The lowest BCUT2D eigenvalue weighted by Crippen LogP contribution is -2.34. The zero-order chi connectivity index (χ0) is 23.1. The molecule has 0 aliphatic heterocycles. The fourth-order valence-corrected chi connectivity index (χ4v) is 4.82. The van der Waals surface area contributed by atoms with E-state index in [2.05, 4.69) is 38.6 Å². The van der Waals surface area contributed by atoms with E-state index in [1.807, 2.05) is 37.5 Å². The summed E-state index contributed by atoms with van der Waals surface area (Å²) in [5.41, 5.74) is 7.22. The lowest BCUT2D eigenvalue weighted by molar-refractivity contribution is 0.0939. The summed E-state index contributed by atoms with van der Waals surface area (Å²) in [5, 5.41) is 7.72. The fourth-order valence-electron chi connectivity index (χ4n) is 4.82. The molecule has 2 aliphatic rings. The Kier molecular flexibility index (Phi) is 5.17. The van der Waals surface area contributed by atoms with Gasteiger partial charge in [-0.25, -0.2) is 14.6 Å². The van der Waals surface area contributed by atoms with Crippen LogP contribution in [0.25, 0.3) is 17.2 Å². The number of carbonyl (C=O) groups is 1. The molecule has 0 saturated heterocycles. The number of aromatic nitrogens is 5. The summed E-state index contributed by atoms with van der Waals surface area (Å²) >= 11 is 0. The molecule has 0 unspecified atom stereocenters. The van der Waals surface area contributed by atoms with Crippen molar-refractivity contribution in [1.29, 1.82) is 0 Å². The molecule has 0 spiro atoms. The highest BCUT2D eigenvalue weighted by molar-refractivity contribution is 5.95. The van der Waals surface area contributed by atoms with Gasteiger partial charge in [0.25, 0.3) is 11.9 Å². The molecule has 3 aromatic heterocycles. The van der Waals surface area contributed by atoms with Crippen LogP contribution in [0.4, 0.5) is 0 Å². The summed E-state index contributed by atoms with van der Waals surface area (Å²) in [6.07, 6.45) is 11.9. The molecule has 0 bridgehead atoms. The van der Waals surface area contributed by atoms with E-state index in [-0.39, 0.29) is 11.9 Å². The van der Waals surface area contributed by atoms with Crippen molar-refractivity contribution in [3.63, 3.8) is 0 Å². The molecule has 34 heavy (non-hydrogen) atoms. The van der Waals surface area contributed by atoms with Gasteiger partial charge in [-0.15, -0.1) is 0 Å². The Hall–Kier alpha value is -3.87. The second-order valence-corrected chi connectivity index (χ2v) is 9.27. The van der Waals surface area contributed by atoms with Crippen LogP contribution in [0.3, 0.4) is 0 Å². The van der Waals surface area contributed by atoms with Gasteiger partial charge in [0.15, 0.2) is 0 Å². The average Bonchev–Trinajstić information content (AvgIpc) is 3.61. The molecule has 1 aromatic carbocycles. The molecule has 3 heterocycles. The Balaban J connectivity index is 1.30. The van der Waals surface area contributed by atoms with E-state index in [9.17, 15) is 4.79 Å². The molecule has 1 amide bonds. The Morgan fingerprint density at radius 2 is 1.94 bits per heavy atom. The summed E-state index contributed by atoms with van der Waals surface area (Å²) < 4.78 is 1.77. The molecule has 1 fully saturated rings. The molecule has 0 radical (unpaired) electrons. The van der Waals surface area contributed by atoms with Gasteiger partial charge in [0, 0.05) is 36.1 Å². The maximum Gasteiger partial charge on any atom is 0.255 e. The van der Waals surface area contributed by atoms with Crippen molar-refractivity contribution in [2.45, 2.75) is 51.0 Å². The summed E-state index contributed by atoms with van der Waals surface area (Å²) in [7, 11) is 0. The van der Waals surface area contributed by atoms with Crippen molar-refractivity contribution in [2.75, 3.05) is 0 Å². The first-order chi connectivity index (χ1) is 16.7. The average molecular weight is 451 g/mol. The molecule has 170 valence electrons. The van der Waals surface area contributed by atoms with Gasteiger partial charge in [-0.3, -0.25) is 9.78 Å². The molecular formula is C27H26N6O. The summed E-state index contributed by atoms with van der Waals surface area (Å²) in [6, 6.07) is 12.3. The maximum absolute atomic E-state index is 13.2. The highest BCUT2D eigenvalue weighted by Crippen LogP contribution is 2.42. The van der Waals surface area contributed by atoms with Crippen LogP contribution >= 0.6 is 0 Å². The third-order valence-corrected chi connectivity index (χ3v) is 6.63. The van der Waals surface area contributed by atoms with Crippen LogP contribution in [-0.2, 0) is 19.3 Å². The maximum atomic E-state index is 13.2. The van der Waals surface area contributed by atoms with Crippen LogP contribution in [0.5, 0.6) is 0 Å². The first-order valence-corrected chi connectivity index (χ1v) is 11.9. The molecule has 6 rings (SSSR count). The van der Waals surface area contributed by atoms with Crippen LogP contribution in [0.15, 0.2) is 61.2 Å². The minimum Gasteiger partial charge on any atom is -0.349 e. The third-order valence-electron chi connectivity index (χ3n) is 6.63. The number of fused-ring (bicyclic) bond motifs is 3. The Morgan fingerprint density at radius 1 is 1.09 bits per heavy atom. The summed E-state index contributed by atoms with van der Waals surface area (Å²) in [4.78, 5) is 27.0. The predicted molar refractivity (Wildman–Crippen MR) is 129 cm³/mol. The van der Waals surface area contributed by atoms with Gasteiger partial charge >= 0.3 is 0 Å². The number of amides is 1. The quantitative estimate of drug-likeness (QED) is 0.479. The lowest BCUT2D eigenvalue weighted by atomic mass is 9.90. The van der Waals surface area contributed by atoms with Gasteiger partial charge in [0.05, 0.1) is 23.1 Å². The molecule has 2 aliphatic carbocycles. The van der Waals surface area contributed by atoms with E-state index in [0.29, 0.717) is 17.4 Å². The van der Waals surface area contributed by atoms with E-state index >= 15 is 0 Å². The van der Waals surface area contributed by atoms with Crippen LogP contribution < -0.4 is 5.32 Å². The molecule has 7 nitrogen and oxygen atoms in total. The Bertz CT molecular complexity index is 1360. The number of benzene rings is 1. The second kappa shape index (κ2) is 8.48. The molecule has 7 heteroatoms. The van der Waals surface area contributed by atoms with Crippen molar-refractivity contribution in [2.24, 2.45) is 0 Å². The van der Waals surface area contributed by atoms with Crippen LogP contribution in [0.2, 0.25) is 0 Å². The zero-order valence-electron chi connectivity index (χ0n) is 19.1. The van der Waals surface area contributed by atoms with E-state index in [1.54, 1.807) is 17.1 Å². The molecular weight excluding hydrogens is 424 g/mol. The minimum atomic E-state index is -0.104. The van der Waals surface area contributed by atoms with Crippen molar-refractivity contribution in [3.8, 4) is 17.2 Å². The Labute approximate surface area is 198 Å². The number of hydrogen-bond donors (Lipinski definition) is 1. The number of nitrogens with zero attached hydrogens (tertiary/aromatic N) is 5. The normalized spacial score (nSPS) is 15.3. The molecule has 4 aromatic rings. The van der Waals surface area contributed by atoms with Crippen LogP contribution in [-0.4, -0.2) is 36.7 Å². The molecule has 1 atom stereocenters. The van der Waals surface area contributed by atoms with E-state index in [4.69, 9.17) is 4.98 Å². The number of pyridine rings is 1. The van der Waals surface area contributed by atoms with Gasteiger partial charge in [0.1, 0.15) is 0 Å². The molecule has 1 N–H and O–H groups in total. The van der Waals surface area contributed by atoms with E-state index < -0.39 is 0 Å². The fraction of sp³-hybridized carbons (Fsp3) is 0.296. The molecule has 1 saturated carbocycles. The largest absolute Gasteiger partial charge is 0.349 e. The van der Waals surface area contributed by atoms with Crippen molar-refractivity contribution in [3.05, 3.63) is 89.1 Å². The Morgan fingerprint density at radius 3 is 2.76 bits per heavy atom. The number of rotatable bonds is 6. The predicted octanol–water partition coefficient (Wildman–Crippen LogP) is 4.06. The third kappa shape index (κ3) is 3.87. The smallest absolute Gasteiger partial charge is 0.255 e. The highest BCUT2D eigenvalue weighted by atomic mass is 16.1. The minimum absolute atomic E-state index is 0.0244. The van der Waals surface area contributed by atoms with Gasteiger partial charge in [-0.2, -0.15) is 5.10 Å². The van der Waals surface area contributed by atoms with Crippen molar-refractivity contribution >= 4 is 5.91 Å². The first kappa shape index (κ1) is 20.7.